The first-order valence-corrected chi connectivity index (χ1v) is 8.58. The third kappa shape index (κ3) is 2.39. The Kier molecular flexibility index (Phi) is 3.51. The molecular formula is C16H26N4. The van der Waals surface area contributed by atoms with Crippen LogP contribution in [0.5, 0.6) is 0 Å². The van der Waals surface area contributed by atoms with Gasteiger partial charge in [0, 0.05) is 12.0 Å². The lowest BCUT2D eigenvalue weighted by Gasteiger charge is -2.39. The van der Waals surface area contributed by atoms with Gasteiger partial charge in [-0.05, 0) is 44.4 Å². The molecule has 2 heterocycles. The SMILES string of the molecule is C1CCC(c2n[nH]c(C3CCC4CCCCC4N3)n2)C1. The zero-order valence-corrected chi connectivity index (χ0v) is 12.3. The highest BCUT2D eigenvalue weighted by atomic mass is 15.2. The molecule has 4 nitrogen and oxygen atoms in total. The largest absolute Gasteiger partial charge is 0.304 e. The fraction of sp³-hybridized carbons (Fsp3) is 0.875. The van der Waals surface area contributed by atoms with Gasteiger partial charge in [0.05, 0.1) is 6.04 Å². The van der Waals surface area contributed by atoms with Crippen LogP contribution >= 0.6 is 0 Å². The minimum absolute atomic E-state index is 0.414. The summed E-state index contributed by atoms with van der Waals surface area (Å²) in [6.45, 7) is 0. The van der Waals surface area contributed by atoms with Crippen molar-refractivity contribution >= 4 is 0 Å². The van der Waals surface area contributed by atoms with Crippen LogP contribution < -0.4 is 5.32 Å². The molecule has 2 N–H and O–H groups in total. The van der Waals surface area contributed by atoms with Gasteiger partial charge in [-0.3, -0.25) is 5.10 Å². The molecule has 110 valence electrons. The third-order valence-corrected chi connectivity index (χ3v) is 5.72. The van der Waals surface area contributed by atoms with Crippen LogP contribution in [0.2, 0.25) is 0 Å². The molecule has 0 amide bonds. The van der Waals surface area contributed by atoms with Gasteiger partial charge in [-0.2, -0.15) is 5.10 Å². The number of aromatic nitrogens is 3. The van der Waals surface area contributed by atoms with E-state index in [9.17, 15) is 0 Å². The highest BCUT2D eigenvalue weighted by Gasteiger charge is 2.33. The Morgan fingerprint density at radius 3 is 2.55 bits per heavy atom. The smallest absolute Gasteiger partial charge is 0.153 e. The maximum Gasteiger partial charge on any atom is 0.153 e. The highest BCUT2D eigenvalue weighted by molar-refractivity contribution is 5.05. The summed E-state index contributed by atoms with van der Waals surface area (Å²) < 4.78 is 0. The third-order valence-electron chi connectivity index (χ3n) is 5.72. The molecule has 1 aromatic heterocycles. The lowest BCUT2D eigenvalue weighted by atomic mass is 9.77. The number of nitrogens with one attached hydrogen (secondary N) is 2. The van der Waals surface area contributed by atoms with Gasteiger partial charge in [0.1, 0.15) is 5.82 Å². The molecular weight excluding hydrogens is 248 g/mol. The van der Waals surface area contributed by atoms with E-state index in [1.54, 1.807) is 0 Å². The van der Waals surface area contributed by atoms with Gasteiger partial charge in [0.15, 0.2) is 5.82 Å². The van der Waals surface area contributed by atoms with Crippen LogP contribution in [0.25, 0.3) is 0 Å². The minimum atomic E-state index is 0.414. The summed E-state index contributed by atoms with van der Waals surface area (Å²) in [5, 5.41) is 11.6. The van der Waals surface area contributed by atoms with Crippen molar-refractivity contribution in [2.45, 2.75) is 82.2 Å². The molecule has 4 rings (SSSR count). The van der Waals surface area contributed by atoms with Crippen LogP contribution in [0.1, 0.15) is 87.8 Å². The molecule has 0 bridgehead atoms. The maximum atomic E-state index is 4.82. The predicted octanol–water partition coefficient (Wildman–Crippen LogP) is 3.45. The van der Waals surface area contributed by atoms with Crippen LogP contribution in [0.4, 0.5) is 0 Å². The van der Waals surface area contributed by atoms with Gasteiger partial charge in [-0.15, -0.1) is 0 Å². The fourth-order valence-electron chi connectivity index (χ4n) is 4.52. The van der Waals surface area contributed by atoms with Crippen LogP contribution in [0, 0.1) is 5.92 Å². The van der Waals surface area contributed by atoms with E-state index < -0.39 is 0 Å². The van der Waals surface area contributed by atoms with Crippen LogP contribution in [0.15, 0.2) is 0 Å². The van der Waals surface area contributed by atoms with Crippen LogP contribution in [-0.2, 0) is 0 Å². The Bertz CT molecular complexity index is 449. The molecule has 1 aromatic rings. The molecule has 1 aliphatic heterocycles. The van der Waals surface area contributed by atoms with E-state index >= 15 is 0 Å². The number of nitrogens with zero attached hydrogens (tertiary/aromatic N) is 2. The van der Waals surface area contributed by atoms with Crippen LogP contribution in [-0.4, -0.2) is 21.2 Å². The summed E-state index contributed by atoms with van der Waals surface area (Å²) in [7, 11) is 0. The topological polar surface area (TPSA) is 53.6 Å². The summed E-state index contributed by atoms with van der Waals surface area (Å²) >= 11 is 0. The van der Waals surface area contributed by atoms with Gasteiger partial charge in [0.25, 0.3) is 0 Å². The van der Waals surface area contributed by atoms with Gasteiger partial charge < -0.3 is 5.32 Å². The van der Waals surface area contributed by atoms with Crippen molar-refractivity contribution in [3.05, 3.63) is 11.6 Å². The van der Waals surface area contributed by atoms with Gasteiger partial charge in [0.2, 0.25) is 0 Å². The lowest BCUT2D eigenvalue weighted by molar-refractivity contribution is 0.173. The summed E-state index contributed by atoms with van der Waals surface area (Å²) in [5.41, 5.74) is 0. The molecule has 0 radical (unpaired) electrons. The zero-order chi connectivity index (χ0) is 13.4. The summed E-state index contributed by atoms with van der Waals surface area (Å²) in [6, 6.07) is 1.14. The number of rotatable bonds is 2. The number of hydrogen-bond donors (Lipinski definition) is 2. The molecule has 1 saturated heterocycles. The molecule has 20 heavy (non-hydrogen) atoms. The second-order valence-electron chi connectivity index (χ2n) is 7.01. The van der Waals surface area contributed by atoms with Gasteiger partial charge in [-0.25, -0.2) is 4.98 Å². The Hall–Kier alpha value is -0.900. The van der Waals surface area contributed by atoms with E-state index in [4.69, 9.17) is 4.98 Å². The Morgan fingerprint density at radius 2 is 1.65 bits per heavy atom. The van der Waals surface area contributed by atoms with E-state index in [2.05, 4.69) is 15.5 Å². The number of aromatic amines is 1. The monoisotopic (exact) mass is 274 g/mol. The molecule has 0 spiro atoms. The Balaban J connectivity index is 1.45. The van der Waals surface area contributed by atoms with Crippen molar-refractivity contribution in [3.8, 4) is 0 Å². The Morgan fingerprint density at radius 1 is 0.850 bits per heavy atom. The first-order valence-electron chi connectivity index (χ1n) is 8.58. The number of fused-ring (bicyclic) bond motifs is 1. The summed E-state index contributed by atoms with van der Waals surface area (Å²) in [4.78, 5) is 4.82. The van der Waals surface area contributed by atoms with Crippen molar-refractivity contribution in [2.24, 2.45) is 5.92 Å². The number of H-pyrrole nitrogens is 1. The van der Waals surface area contributed by atoms with Crippen LogP contribution in [0.3, 0.4) is 0 Å². The second-order valence-corrected chi connectivity index (χ2v) is 7.01. The molecule has 3 aliphatic rings. The maximum absolute atomic E-state index is 4.82. The quantitative estimate of drug-likeness (QED) is 0.868. The van der Waals surface area contributed by atoms with Crippen molar-refractivity contribution < 1.29 is 0 Å². The molecule has 3 unspecified atom stereocenters. The van der Waals surface area contributed by atoms with Gasteiger partial charge >= 0.3 is 0 Å². The average molecular weight is 274 g/mol. The molecule has 0 aromatic carbocycles. The molecule has 2 aliphatic carbocycles. The van der Waals surface area contributed by atoms with E-state index in [1.165, 1.54) is 64.2 Å². The molecule has 3 atom stereocenters. The first kappa shape index (κ1) is 12.8. The fourth-order valence-corrected chi connectivity index (χ4v) is 4.52. The lowest BCUT2D eigenvalue weighted by Crippen LogP contribution is -2.45. The highest BCUT2D eigenvalue weighted by Crippen LogP contribution is 2.37. The predicted molar refractivity (Wildman–Crippen MR) is 78.4 cm³/mol. The molecule has 2 saturated carbocycles. The van der Waals surface area contributed by atoms with Crippen molar-refractivity contribution in [2.75, 3.05) is 0 Å². The first-order chi connectivity index (χ1) is 9.90. The normalized spacial score (nSPS) is 35.1. The minimum Gasteiger partial charge on any atom is -0.304 e. The standard InChI is InChI=1S/C16H26N4/c1-2-7-12(6-1)15-18-16(20-19-15)14-10-9-11-5-3-4-8-13(11)17-14/h11-14,17H,1-10H2,(H,18,19,20). The van der Waals surface area contributed by atoms with E-state index in [1.807, 2.05) is 0 Å². The Labute approximate surface area is 121 Å². The zero-order valence-electron chi connectivity index (χ0n) is 12.3. The van der Waals surface area contributed by atoms with Crippen molar-refractivity contribution in [1.82, 2.24) is 20.5 Å². The number of piperidine rings is 1. The van der Waals surface area contributed by atoms with E-state index in [0.717, 1.165) is 23.6 Å². The van der Waals surface area contributed by atoms with E-state index in [0.29, 0.717) is 12.0 Å². The van der Waals surface area contributed by atoms with Gasteiger partial charge in [-0.1, -0.05) is 25.7 Å². The molecule has 3 fully saturated rings. The van der Waals surface area contributed by atoms with Crippen molar-refractivity contribution in [3.63, 3.8) is 0 Å². The second kappa shape index (κ2) is 5.47. The molecule has 4 heteroatoms. The summed E-state index contributed by atoms with van der Waals surface area (Å²) in [6.07, 6.45) is 13.4. The van der Waals surface area contributed by atoms with Crippen molar-refractivity contribution in [1.29, 1.82) is 0 Å². The van der Waals surface area contributed by atoms with E-state index in [-0.39, 0.29) is 0 Å². The average Bonchev–Trinajstić information content (AvgIpc) is 3.17. The number of hydrogen-bond acceptors (Lipinski definition) is 3. The summed E-state index contributed by atoms with van der Waals surface area (Å²) in [5.74, 6) is 3.70.